The zero-order valence-electron chi connectivity index (χ0n) is 20.6. The summed E-state index contributed by atoms with van der Waals surface area (Å²) in [6.07, 6.45) is 6.32. The van der Waals surface area contributed by atoms with E-state index in [0.29, 0.717) is 23.5 Å². The number of hydrogen-bond acceptors (Lipinski definition) is 6. The van der Waals surface area contributed by atoms with Crippen molar-refractivity contribution < 1.29 is 13.6 Å². The van der Waals surface area contributed by atoms with Crippen molar-refractivity contribution in [3.05, 3.63) is 93.9 Å². The standard InChI is InChI=1S/C28H24F2N6OS/c1-36-15-34-24-14-31-23(11-25(24)36)26-8-6-18(38-26)13-32-27-19(10-17-3-2-4-22(17)35-27)28(37)33-12-16-5-7-20(29)21(30)9-16/h5-11,14-15H,2-4,12-13H2,1H3,(H,32,35)(H,33,37). The number of aryl methyl sites for hydroxylation is 3. The predicted octanol–water partition coefficient (Wildman–Crippen LogP) is 5.40. The number of carbonyl (C=O) groups excluding carboxylic acids is 1. The lowest BCUT2D eigenvalue weighted by Crippen LogP contribution is -2.25. The van der Waals surface area contributed by atoms with Gasteiger partial charge in [-0.05, 0) is 66.8 Å². The quantitative estimate of drug-likeness (QED) is 0.294. The Bertz CT molecular complexity index is 1680. The van der Waals surface area contributed by atoms with Crippen LogP contribution in [-0.2, 0) is 33.0 Å². The maximum atomic E-state index is 13.6. The van der Waals surface area contributed by atoms with Crippen molar-refractivity contribution in [1.29, 1.82) is 0 Å². The molecule has 0 atom stereocenters. The number of thiophene rings is 1. The second kappa shape index (κ2) is 9.94. The van der Waals surface area contributed by atoms with Crippen molar-refractivity contribution in [3.63, 3.8) is 0 Å². The second-order valence-corrected chi connectivity index (χ2v) is 10.5. The summed E-state index contributed by atoms with van der Waals surface area (Å²) >= 11 is 1.62. The van der Waals surface area contributed by atoms with Gasteiger partial charge in [-0.25, -0.2) is 18.7 Å². The Balaban J connectivity index is 1.19. The van der Waals surface area contributed by atoms with E-state index in [1.54, 1.807) is 23.9 Å². The molecule has 0 fully saturated rings. The molecule has 0 spiro atoms. The van der Waals surface area contributed by atoms with Crippen molar-refractivity contribution in [3.8, 4) is 10.6 Å². The molecule has 0 saturated carbocycles. The lowest BCUT2D eigenvalue weighted by Gasteiger charge is -2.13. The van der Waals surface area contributed by atoms with E-state index in [2.05, 4.69) is 20.6 Å². The molecular formula is C28H24F2N6OS. The van der Waals surface area contributed by atoms with Gasteiger partial charge in [-0.15, -0.1) is 11.3 Å². The molecule has 5 aromatic rings. The first-order valence-electron chi connectivity index (χ1n) is 12.3. The van der Waals surface area contributed by atoms with E-state index in [1.165, 1.54) is 6.07 Å². The largest absolute Gasteiger partial charge is 0.365 e. The smallest absolute Gasteiger partial charge is 0.255 e. The van der Waals surface area contributed by atoms with Crippen LogP contribution in [0.3, 0.4) is 0 Å². The molecule has 0 radical (unpaired) electrons. The van der Waals surface area contributed by atoms with Crippen LogP contribution in [0.2, 0.25) is 0 Å². The number of fused-ring (bicyclic) bond motifs is 2. The summed E-state index contributed by atoms with van der Waals surface area (Å²) in [5, 5.41) is 6.16. The van der Waals surface area contributed by atoms with Crippen LogP contribution in [0.4, 0.5) is 14.6 Å². The monoisotopic (exact) mass is 530 g/mol. The van der Waals surface area contributed by atoms with E-state index < -0.39 is 11.6 Å². The molecule has 4 aromatic heterocycles. The van der Waals surface area contributed by atoms with Crippen LogP contribution in [0.25, 0.3) is 21.6 Å². The Morgan fingerprint density at radius 1 is 1.05 bits per heavy atom. The summed E-state index contributed by atoms with van der Waals surface area (Å²) in [7, 11) is 1.96. The van der Waals surface area contributed by atoms with Crippen LogP contribution in [0, 0.1) is 11.6 Å². The number of nitrogens with one attached hydrogen (secondary N) is 2. The third-order valence-corrected chi connectivity index (χ3v) is 7.80. The van der Waals surface area contributed by atoms with E-state index in [4.69, 9.17) is 4.98 Å². The summed E-state index contributed by atoms with van der Waals surface area (Å²) in [4.78, 5) is 28.9. The molecule has 0 unspecified atom stereocenters. The number of anilines is 1. The molecular weight excluding hydrogens is 506 g/mol. The molecule has 38 heavy (non-hydrogen) atoms. The van der Waals surface area contributed by atoms with Gasteiger partial charge in [0.15, 0.2) is 11.6 Å². The van der Waals surface area contributed by atoms with Gasteiger partial charge in [0, 0.05) is 24.2 Å². The average Bonchev–Trinajstić information content (AvgIpc) is 3.67. The number of benzene rings is 1. The lowest BCUT2D eigenvalue weighted by atomic mass is 10.1. The molecule has 1 aliphatic rings. The average molecular weight is 531 g/mol. The first-order chi connectivity index (χ1) is 18.4. The zero-order chi connectivity index (χ0) is 26.2. The van der Waals surface area contributed by atoms with Crippen molar-refractivity contribution in [1.82, 2.24) is 24.8 Å². The highest BCUT2D eigenvalue weighted by molar-refractivity contribution is 7.15. The SMILES string of the molecule is Cn1cnc2cnc(-c3ccc(CNc4nc5c(cc4C(=O)NCc4ccc(F)c(F)c4)CCC5)s3)cc21. The third-order valence-electron chi connectivity index (χ3n) is 6.69. The minimum Gasteiger partial charge on any atom is -0.365 e. The van der Waals surface area contributed by atoms with Crippen molar-refractivity contribution in [2.75, 3.05) is 5.32 Å². The molecule has 1 aromatic carbocycles. The Morgan fingerprint density at radius 3 is 2.82 bits per heavy atom. The van der Waals surface area contributed by atoms with Crippen LogP contribution in [0.1, 0.15) is 38.5 Å². The molecule has 6 rings (SSSR count). The van der Waals surface area contributed by atoms with Gasteiger partial charge in [0.1, 0.15) is 11.3 Å². The first-order valence-corrected chi connectivity index (χ1v) is 13.1. The molecule has 2 N–H and O–H groups in total. The number of nitrogens with zero attached hydrogens (tertiary/aromatic N) is 4. The number of carbonyl (C=O) groups is 1. The molecule has 1 aliphatic carbocycles. The van der Waals surface area contributed by atoms with E-state index in [9.17, 15) is 13.6 Å². The normalized spacial score (nSPS) is 12.6. The zero-order valence-corrected chi connectivity index (χ0v) is 21.4. The van der Waals surface area contributed by atoms with Crippen LogP contribution in [-0.4, -0.2) is 25.4 Å². The fourth-order valence-electron chi connectivity index (χ4n) is 4.65. The summed E-state index contributed by atoms with van der Waals surface area (Å²) in [5.41, 5.74) is 5.74. The minimum absolute atomic E-state index is 0.0782. The first kappa shape index (κ1) is 24.2. The van der Waals surface area contributed by atoms with Crippen molar-refractivity contribution in [2.24, 2.45) is 7.05 Å². The summed E-state index contributed by atoms with van der Waals surface area (Å²) in [6, 6.07) is 11.6. The Morgan fingerprint density at radius 2 is 1.95 bits per heavy atom. The minimum atomic E-state index is -0.941. The lowest BCUT2D eigenvalue weighted by molar-refractivity contribution is 0.0951. The van der Waals surface area contributed by atoms with E-state index >= 15 is 0 Å². The van der Waals surface area contributed by atoms with Crippen molar-refractivity contribution >= 4 is 34.1 Å². The number of imidazole rings is 1. The van der Waals surface area contributed by atoms with Crippen LogP contribution >= 0.6 is 11.3 Å². The highest BCUT2D eigenvalue weighted by atomic mass is 32.1. The number of pyridine rings is 2. The maximum absolute atomic E-state index is 13.6. The number of hydrogen-bond donors (Lipinski definition) is 2. The fourth-order valence-corrected chi connectivity index (χ4v) is 5.57. The van der Waals surface area contributed by atoms with Gasteiger partial charge in [-0.1, -0.05) is 6.07 Å². The highest BCUT2D eigenvalue weighted by Crippen LogP contribution is 2.30. The molecule has 1 amide bonds. The van der Waals surface area contributed by atoms with Gasteiger partial charge >= 0.3 is 0 Å². The Hall–Kier alpha value is -4.18. The highest BCUT2D eigenvalue weighted by Gasteiger charge is 2.21. The van der Waals surface area contributed by atoms with Crippen LogP contribution in [0.15, 0.2) is 55.0 Å². The molecule has 0 aliphatic heterocycles. The molecule has 0 saturated heterocycles. The van der Waals surface area contributed by atoms with Crippen molar-refractivity contribution in [2.45, 2.75) is 32.4 Å². The van der Waals surface area contributed by atoms with E-state index in [1.807, 2.05) is 35.9 Å². The third kappa shape index (κ3) is 4.74. The van der Waals surface area contributed by atoms with Gasteiger partial charge in [-0.3, -0.25) is 9.78 Å². The molecule has 192 valence electrons. The van der Waals surface area contributed by atoms with Crippen LogP contribution < -0.4 is 10.6 Å². The van der Waals surface area contributed by atoms with E-state index in [-0.39, 0.29) is 12.5 Å². The number of halogens is 2. The predicted molar refractivity (Wildman–Crippen MR) is 143 cm³/mol. The summed E-state index contributed by atoms with van der Waals surface area (Å²) < 4.78 is 28.8. The molecule has 4 heterocycles. The summed E-state index contributed by atoms with van der Waals surface area (Å²) in [6.45, 7) is 0.572. The molecule has 10 heteroatoms. The summed E-state index contributed by atoms with van der Waals surface area (Å²) in [5.74, 6) is -1.67. The van der Waals surface area contributed by atoms with Crippen LogP contribution in [0.5, 0.6) is 0 Å². The number of amides is 1. The molecule has 7 nitrogen and oxygen atoms in total. The van der Waals surface area contributed by atoms with E-state index in [0.717, 1.165) is 69.1 Å². The topological polar surface area (TPSA) is 84.7 Å². The van der Waals surface area contributed by atoms with Gasteiger partial charge < -0.3 is 15.2 Å². The number of aromatic nitrogens is 4. The molecule has 0 bridgehead atoms. The van der Waals surface area contributed by atoms with Gasteiger partial charge in [0.2, 0.25) is 0 Å². The van der Waals surface area contributed by atoms with Gasteiger partial charge in [-0.2, -0.15) is 0 Å². The number of rotatable bonds is 7. The fraction of sp³-hybridized carbons (Fsp3) is 0.214. The van der Waals surface area contributed by atoms with Gasteiger partial charge in [0.25, 0.3) is 5.91 Å². The van der Waals surface area contributed by atoms with Gasteiger partial charge in [0.05, 0.1) is 40.7 Å². The second-order valence-electron chi connectivity index (χ2n) is 9.31. The maximum Gasteiger partial charge on any atom is 0.255 e. The Kier molecular flexibility index (Phi) is 6.32. The Labute approximate surface area is 221 Å².